The molecule has 0 saturated carbocycles. The molecule has 1 aromatic carbocycles. The van der Waals surface area contributed by atoms with Crippen molar-refractivity contribution in [2.45, 2.75) is 6.18 Å². The van der Waals surface area contributed by atoms with Crippen molar-refractivity contribution in [2.75, 3.05) is 0 Å². The Bertz CT molecular complexity index is 633. The fourth-order valence-electron chi connectivity index (χ4n) is 1.41. The minimum atomic E-state index is -4.85. The third-order valence-corrected chi connectivity index (χ3v) is 2.29. The highest BCUT2D eigenvalue weighted by atomic mass is 19.4. The lowest BCUT2D eigenvalue weighted by atomic mass is 10.1. The minimum Gasteiger partial charge on any atom is -0.475 e. The maximum absolute atomic E-state index is 13.1. The Kier molecular flexibility index (Phi) is 3.01. The molecule has 1 heterocycles. The SMILES string of the molecule is O=C(O)c1cc(-c2ccc(F)c(C(F)(F)F)c2)no1. The highest BCUT2D eigenvalue weighted by Crippen LogP contribution is 2.34. The van der Waals surface area contributed by atoms with E-state index in [1.54, 1.807) is 0 Å². The van der Waals surface area contributed by atoms with Gasteiger partial charge in [0.1, 0.15) is 11.5 Å². The number of carboxylic acid groups (broad SMARTS) is 1. The van der Waals surface area contributed by atoms with Crippen LogP contribution in [0.15, 0.2) is 28.8 Å². The van der Waals surface area contributed by atoms with Crippen molar-refractivity contribution in [3.63, 3.8) is 0 Å². The third kappa shape index (κ3) is 2.56. The van der Waals surface area contributed by atoms with Crippen molar-refractivity contribution in [2.24, 2.45) is 0 Å². The molecule has 0 aliphatic heterocycles. The lowest BCUT2D eigenvalue weighted by molar-refractivity contribution is -0.139. The maximum Gasteiger partial charge on any atom is 0.419 e. The van der Waals surface area contributed by atoms with Gasteiger partial charge in [0.15, 0.2) is 0 Å². The molecule has 1 N–H and O–H groups in total. The Labute approximate surface area is 103 Å². The summed E-state index contributed by atoms with van der Waals surface area (Å²) in [5.41, 5.74) is -1.67. The van der Waals surface area contributed by atoms with Gasteiger partial charge >= 0.3 is 12.1 Å². The van der Waals surface area contributed by atoms with Crippen LogP contribution in [-0.2, 0) is 6.18 Å². The summed E-state index contributed by atoms with van der Waals surface area (Å²) < 4.78 is 55.0. The second-order valence-electron chi connectivity index (χ2n) is 3.57. The predicted molar refractivity (Wildman–Crippen MR) is 53.9 cm³/mol. The number of aromatic carboxylic acids is 1. The molecular weight excluding hydrogens is 270 g/mol. The van der Waals surface area contributed by atoms with Crippen molar-refractivity contribution in [1.29, 1.82) is 0 Å². The van der Waals surface area contributed by atoms with Crippen LogP contribution < -0.4 is 0 Å². The summed E-state index contributed by atoms with van der Waals surface area (Å²) >= 11 is 0. The molecule has 100 valence electrons. The molecule has 4 nitrogen and oxygen atoms in total. The van der Waals surface area contributed by atoms with E-state index in [2.05, 4.69) is 9.68 Å². The van der Waals surface area contributed by atoms with Gasteiger partial charge in [-0.05, 0) is 18.2 Å². The number of nitrogens with zero attached hydrogens (tertiary/aromatic N) is 1. The quantitative estimate of drug-likeness (QED) is 0.855. The summed E-state index contributed by atoms with van der Waals surface area (Å²) in [5, 5.41) is 11.9. The molecule has 0 saturated heterocycles. The van der Waals surface area contributed by atoms with Crippen LogP contribution >= 0.6 is 0 Å². The number of carboxylic acids is 1. The summed E-state index contributed by atoms with van der Waals surface area (Å²) in [4.78, 5) is 10.6. The lowest BCUT2D eigenvalue weighted by Crippen LogP contribution is -2.08. The summed E-state index contributed by atoms with van der Waals surface area (Å²) in [6, 6.07) is 3.18. The average Bonchev–Trinajstić information content (AvgIpc) is 2.77. The van der Waals surface area contributed by atoms with Crippen LogP contribution in [0.4, 0.5) is 17.6 Å². The zero-order valence-corrected chi connectivity index (χ0v) is 9.03. The molecular formula is C11H5F4NO3. The van der Waals surface area contributed by atoms with E-state index in [1.807, 2.05) is 0 Å². The van der Waals surface area contributed by atoms with Gasteiger partial charge in [-0.2, -0.15) is 13.2 Å². The topological polar surface area (TPSA) is 63.3 Å². The lowest BCUT2D eigenvalue weighted by Gasteiger charge is -2.08. The number of hydrogen-bond donors (Lipinski definition) is 1. The van der Waals surface area contributed by atoms with Gasteiger partial charge in [0.25, 0.3) is 0 Å². The van der Waals surface area contributed by atoms with Gasteiger partial charge in [-0.1, -0.05) is 5.16 Å². The van der Waals surface area contributed by atoms with Crippen molar-refractivity contribution in [3.05, 3.63) is 41.4 Å². The van der Waals surface area contributed by atoms with Crippen LogP contribution in [0, 0.1) is 5.82 Å². The van der Waals surface area contributed by atoms with Crippen molar-refractivity contribution in [1.82, 2.24) is 5.16 Å². The normalized spacial score (nSPS) is 11.6. The van der Waals surface area contributed by atoms with Crippen molar-refractivity contribution in [3.8, 4) is 11.3 Å². The van der Waals surface area contributed by atoms with Gasteiger partial charge < -0.3 is 9.63 Å². The zero-order valence-electron chi connectivity index (χ0n) is 9.03. The van der Waals surface area contributed by atoms with Crippen LogP contribution in [0.3, 0.4) is 0 Å². The van der Waals surface area contributed by atoms with Gasteiger partial charge in [-0.15, -0.1) is 0 Å². The first kappa shape index (κ1) is 13.1. The van der Waals surface area contributed by atoms with E-state index in [0.29, 0.717) is 12.1 Å². The Balaban J connectivity index is 2.48. The van der Waals surface area contributed by atoms with E-state index in [1.165, 1.54) is 0 Å². The second kappa shape index (κ2) is 4.38. The summed E-state index contributed by atoms with van der Waals surface area (Å²) in [6.07, 6.45) is -4.85. The van der Waals surface area contributed by atoms with Gasteiger partial charge in [0.2, 0.25) is 5.76 Å². The number of rotatable bonds is 2. The van der Waals surface area contributed by atoms with E-state index < -0.39 is 29.3 Å². The Morgan fingerprint density at radius 2 is 1.95 bits per heavy atom. The highest BCUT2D eigenvalue weighted by molar-refractivity contribution is 5.85. The molecule has 0 aliphatic rings. The fraction of sp³-hybridized carbons (Fsp3) is 0.0909. The number of benzene rings is 1. The van der Waals surface area contributed by atoms with Crippen molar-refractivity contribution >= 4 is 5.97 Å². The van der Waals surface area contributed by atoms with E-state index in [9.17, 15) is 22.4 Å². The molecule has 19 heavy (non-hydrogen) atoms. The minimum absolute atomic E-state index is 0.0926. The number of aromatic nitrogens is 1. The summed E-state index contributed by atoms with van der Waals surface area (Å²) in [7, 11) is 0. The first-order chi connectivity index (χ1) is 8.79. The predicted octanol–water partition coefficient (Wildman–Crippen LogP) is 3.20. The smallest absolute Gasteiger partial charge is 0.419 e. The molecule has 0 amide bonds. The third-order valence-electron chi connectivity index (χ3n) is 2.29. The first-order valence-corrected chi connectivity index (χ1v) is 4.86. The molecule has 0 radical (unpaired) electrons. The van der Waals surface area contributed by atoms with Crippen LogP contribution in [0.2, 0.25) is 0 Å². The van der Waals surface area contributed by atoms with Gasteiger partial charge in [-0.25, -0.2) is 9.18 Å². The van der Waals surface area contributed by atoms with Gasteiger partial charge in [-0.3, -0.25) is 0 Å². The molecule has 1 aromatic heterocycles. The van der Waals surface area contributed by atoms with E-state index in [4.69, 9.17) is 5.11 Å². The summed E-state index contributed by atoms with van der Waals surface area (Å²) in [6.45, 7) is 0. The molecule has 0 atom stereocenters. The molecule has 0 fully saturated rings. The zero-order chi connectivity index (χ0) is 14.2. The molecule has 0 spiro atoms. The Hall–Kier alpha value is -2.38. The standard InChI is InChI=1S/C11H5F4NO3/c12-7-2-1-5(3-6(7)11(13,14)15)8-4-9(10(17)18)19-16-8/h1-4H,(H,17,18). The highest BCUT2D eigenvalue weighted by Gasteiger charge is 2.34. The molecule has 2 rings (SSSR count). The summed E-state index contributed by atoms with van der Waals surface area (Å²) in [5.74, 6) is -3.34. The van der Waals surface area contributed by atoms with Crippen LogP contribution in [0.5, 0.6) is 0 Å². The first-order valence-electron chi connectivity index (χ1n) is 4.86. The van der Waals surface area contributed by atoms with Gasteiger partial charge in [0, 0.05) is 11.6 Å². The monoisotopic (exact) mass is 275 g/mol. The molecule has 0 bridgehead atoms. The molecule has 0 unspecified atom stereocenters. The number of carbonyl (C=O) groups is 1. The van der Waals surface area contributed by atoms with Crippen LogP contribution in [0.1, 0.15) is 16.1 Å². The number of halogens is 4. The van der Waals surface area contributed by atoms with Gasteiger partial charge in [0.05, 0.1) is 5.56 Å². The molecule has 0 aliphatic carbocycles. The molecule has 2 aromatic rings. The van der Waals surface area contributed by atoms with Crippen molar-refractivity contribution < 1.29 is 32.0 Å². The average molecular weight is 275 g/mol. The Morgan fingerprint density at radius 3 is 2.47 bits per heavy atom. The second-order valence-corrected chi connectivity index (χ2v) is 3.57. The largest absolute Gasteiger partial charge is 0.475 e. The van der Waals surface area contributed by atoms with Crippen LogP contribution in [-0.4, -0.2) is 16.2 Å². The number of alkyl halides is 3. The van der Waals surface area contributed by atoms with E-state index >= 15 is 0 Å². The fourth-order valence-corrected chi connectivity index (χ4v) is 1.41. The van der Waals surface area contributed by atoms with E-state index in [-0.39, 0.29) is 11.3 Å². The number of hydrogen-bond acceptors (Lipinski definition) is 3. The molecule has 8 heteroatoms. The van der Waals surface area contributed by atoms with Crippen LogP contribution in [0.25, 0.3) is 11.3 Å². The van der Waals surface area contributed by atoms with E-state index in [0.717, 1.165) is 12.1 Å². The maximum atomic E-state index is 13.1. The Morgan fingerprint density at radius 1 is 1.26 bits per heavy atom.